The summed E-state index contributed by atoms with van der Waals surface area (Å²) in [6.45, 7) is 1.01. The maximum atomic E-state index is 12.8. The molecule has 4 rings (SSSR count). The molecule has 4 nitrogen and oxygen atoms in total. The lowest BCUT2D eigenvalue weighted by Crippen LogP contribution is -2.26. The van der Waals surface area contributed by atoms with Gasteiger partial charge < -0.3 is 9.64 Å². The van der Waals surface area contributed by atoms with E-state index in [0.717, 1.165) is 16.9 Å². The maximum absolute atomic E-state index is 12.8. The quantitative estimate of drug-likeness (QED) is 0.467. The molecule has 1 aromatic heterocycles. The molecule has 0 unspecified atom stereocenters. The molecule has 0 saturated heterocycles. The zero-order valence-corrected chi connectivity index (χ0v) is 16.3. The Hall–Kier alpha value is -3.66. The molecule has 0 spiro atoms. The Morgan fingerprint density at radius 1 is 0.897 bits per heavy atom. The van der Waals surface area contributed by atoms with Crippen molar-refractivity contribution in [2.75, 3.05) is 7.05 Å². The molecular weight excluding hydrogens is 360 g/mol. The summed E-state index contributed by atoms with van der Waals surface area (Å²) in [6.07, 6.45) is 3.51. The van der Waals surface area contributed by atoms with Crippen molar-refractivity contribution in [2.45, 2.75) is 13.2 Å². The SMILES string of the molecule is CN(Cc1ccc2ccccc2c1)C(=O)c1ccc(OCc2cccnc2)cc1. The zero-order valence-electron chi connectivity index (χ0n) is 16.3. The first kappa shape index (κ1) is 18.7. The van der Waals surface area contributed by atoms with Crippen LogP contribution in [0.1, 0.15) is 21.5 Å². The number of amides is 1. The van der Waals surface area contributed by atoms with Crippen LogP contribution in [0.3, 0.4) is 0 Å². The number of aromatic nitrogens is 1. The smallest absolute Gasteiger partial charge is 0.253 e. The number of pyridine rings is 1. The molecule has 0 radical (unpaired) electrons. The summed E-state index contributed by atoms with van der Waals surface area (Å²) in [4.78, 5) is 18.6. The van der Waals surface area contributed by atoms with Crippen LogP contribution in [-0.2, 0) is 13.2 Å². The molecule has 1 heterocycles. The van der Waals surface area contributed by atoms with Crippen molar-refractivity contribution < 1.29 is 9.53 Å². The summed E-state index contributed by atoms with van der Waals surface area (Å²) in [7, 11) is 1.82. The number of rotatable bonds is 6. The van der Waals surface area contributed by atoms with Crippen LogP contribution in [0.15, 0.2) is 91.3 Å². The van der Waals surface area contributed by atoms with Gasteiger partial charge in [-0.25, -0.2) is 0 Å². The average molecular weight is 382 g/mol. The molecule has 0 bridgehead atoms. The van der Waals surface area contributed by atoms with Gasteiger partial charge in [-0.1, -0.05) is 42.5 Å². The van der Waals surface area contributed by atoms with Gasteiger partial charge >= 0.3 is 0 Å². The van der Waals surface area contributed by atoms with Crippen molar-refractivity contribution in [3.05, 3.63) is 108 Å². The Morgan fingerprint density at radius 2 is 1.69 bits per heavy atom. The Morgan fingerprint density at radius 3 is 2.45 bits per heavy atom. The number of hydrogen-bond acceptors (Lipinski definition) is 3. The molecule has 1 amide bonds. The van der Waals surface area contributed by atoms with E-state index in [4.69, 9.17) is 4.74 Å². The first-order chi connectivity index (χ1) is 14.2. The third-order valence-corrected chi connectivity index (χ3v) is 4.81. The molecule has 4 aromatic rings. The molecule has 0 fully saturated rings. The van der Waals surface area contributed by atoms with E-state index in [0.29, 0.717) is 18.7 Å². The largest absolute Gasteiger partial charge is 0.489 e. The molecule has 0 N–H and O–H groups in total. The third kappa shape index (κ3) is 4.61. The number of fused-ring (bicyclic) bond motifs is 1. The van der Waals surface area contributed by atoms with Gasteiger partial charge in [0.2, 0.25) is 0 Å². The van der Waals surface area contributed by atoms with E-state index >= 15 is 0 Å². The molecule has 0 aliphatic rings. The van der Waals surface area contributed by atoms with Crippen LogP contribution < -0.4 is 4.74 Å². The summed E-state index contributed by atoms with van der Waals surface area (Å²) in [5, 5.41) is 2.38. The highest BCUT2D eigenvalue weighted by Gasteiger charge is 2.12. The van der Waals surface area contributed by atoms with E-state index < -0.39 is 0 Å². The second kappa shape index (κ2) is 8.57. The summed E-state index contributed by atoms with van der Waals surface area (Å²) in [6, 6.07) is 25.6. The van der Waals surface area contributed by atoms with Crippen molar-refractivity contribution in [2.24, 2.45) is 0 Å². The number of nitrogens with zero attached hydrogens (tertiary/aromatic N) is 2. The minimum atomic E-state index is -0.0167. The molecule has 29 heavy (non-hydrogen) atoms. The number of benzene rings is 3. The molecule has 0 saturated carbocycles. The van der Waals surface area contributed by atoms with E-state index in [1.165, 1.54) is 10.8 Å². The van der Waals surface area contributed by atoms with E-state index in [-0.39, 0.29) is 5.91 Å². The predicted octanol–water partition coefficient (Wildman–Crippen LogP) is 5.09. The number of carbonyl (C=O) groups is 1. The molecule has 144 valence electrons. The Labute approximate surface area is 170 Å². The van der Waals surface area contributed by atoms with Crippen molar-refractivity contribution in [3.63, 3.8) is 0 Å². The highest BCUT2D eigenvalue weighted by Crippen LogP contribution is 2.18. The second-order valence-electron chi connectivity index (χ2n) is 7.02. The van der Waals surface area contributed by atoms with Crippen molar-refractivity contribution in [3.8, 4) is 5.75 Å². The summed E-state index contributed by atoms with van der Waals surface area (Å²) >= 11 is 0. The van der Waals surface area contributed by atoms with Gasteiger partial charge in [0.25, 0.3) is 5.91 Å². The first-order valence-electron chi connectivity index (χ1n) is 9.54. The predicted molar refractivity (Wildman–Crippen MR) is 115 cm³/mol. The first-order valence-corrected chi connectivity index (χ1v) is 9.54. The van der Waals surface area contributed by atoms with E-state index in [1.54, 1.807) is 29.4 Å². The van der Waals surface area contributed by atoms with Crippen LogP contribution in [0.2, 0.25) is 0 Å². The van der Waals surface area contributed by atoms with Crippen molar-refractivity contribution in [1.29, 1.82) is 0 Å². The van der Waals surface area contributed by atoms with Gasteiger partial charge in [0.05, 0.1) is 0 Å². The van der Waals surface area contributed by atoms with Gasteiger partial charge in [0.1, 0.15) is 12.4 Å². The third-order valence-electron chi connectivity index (χ3n) is 4.81. The molecule has 3 aromatic carbocycles. The lowest BCUT2D eigenvalue weighted by molar-refractivity contribution is 0.0785. The highest BCUT2D eigenvalue weighted by atomic mass is 16.5. The normalized spacial score (nSPS) is 10.7. The molecular formula is C25H22N2O2. The summed E-state index contributed by atoms with van der Waals surface area (Å²) < 4.78 is 5.76. The van der Waals surface area contributed by atoms with Crippen LogP contribution >= 0.6 is 0 Å². The van der Waals surface area contributed by atoms with Crippen LogP contribution in [0.4, 0.5) is 0 Å². The van der Waals surface area contributed by atoms with E-state index in [9.17, 15) is 4.79 Å². The Bertz CT molecular complexity index is 1110. The van der Waals surface area contributed by atoms with Gasteiger partial charge in [-0.2, -0.15) is 0 Å². The van der Waals surface area contributed by atoms with E-state index in [2.05, 4.69) is 35.3 Å². The molecule has 4 heteroatoms. The average Bonchev–Trinajstić information content (AvgIpc) is 2.78. The van der Waals surface area contributed by atoms with Crippen LogP contribution in [0.25, 0.3) is 10.8 Å². The molecule has 0 aliphatic carbocycles. The van der Waals surface area contributed by atoms with Gasteiger partial charge in [-0.3, -0.25) is 9.78 Å². The lowest BCUT2D eigenvalue weighted by atomic mass is 10.1. The fraction of sp³-hybridized carbons (Fsp3) is 0.120. The Kier molecular flexibility index (Phi) is 5.52. The highest BCUT2D eigenvalue weighted by molar-refractivity contribution is 5.94. The summed E-state index contributed by atoms with van der Waals surface area (Å²) in [5.41, 5.74) is 2.75. The van der Waals surface area contributed by atoms with Crippen molar-refractivity contribution in [1.82, 2.24) is 9.88 Å². The fourth-order valence-electron chi connectivity index (χ4n) is 3.25. The number of hydrogen-bond donors (Lipinski definition) is 0. The monoisotopic (exact) mass is 382 g/mol. The van der Waals surface area contributed by atoms with Crippen molar-refractivity contribution >= 4 is 16.7 Å². The fourth-order valence-corrected chi connectivity index (χ4v) is 3.25. The Balaban J connectivity index is 1.38. The number of ether oxygens (including phenoxy) is 1. The molecule has 0 atom stereocenters. The molecule has 0 aliphatic heterocycles. The maximum Gasteiger partial charge on any atom is 0.253 e. The summed E-state index contributed by atoms with van der Waals surface area (Å²) in [5.74, 6) is 0.708. The minimum absolute atomic E-state index is 0.0167. The standard InChI is InChI=1S/C25H22N2O2/c1-27(17-19-8-9-21-6-2-3-7-23(21)15-19)25(28)22-10-12-24(13-11-22)29-18-20-5-4-14-26-16-20/h2-16H,17-18H2,1H3. The van der Waals surface area contributed by atoms with Gasteiger partial charge in [-0.05, 0) is 52.7 Å². The van der Waals surface area contributed by atoms with Crippen LogP contribution in [0.5, 0.6) is 5.75 Å². The minimum Gasteiger partial charge on any atom is -0.489 e. The van der Waals surface area contributed by atoms with E-state index in [1.807, 2.05) is 43.4 Å². The van der Waals surface area contributed by atoms with Gasteiger partial charge in [0.15, 0.2) is 0 Å². The van der Waals surface area contributed by atoms with Gasteiger partial charge in [0, 0.05) is 37.1 Å². The van der Waals surface area contributed by atoms with Crippen LogP contribution in [0, 0.1) is 0 Å². The zero-order chi connectivity index (χ0) is 20.1. The lowest BCUT2D eigenvalue weighted by Gasteiger charge is -2.18. The topological polar surface area (TPSA) is 42.4 Å². The number of carbonyl (C=O) groups excluding carboxylic acids is 1. The second-order valence-corrected chi connectivity index (χ2v) is 7.02. The van der Waals surface area contributed by atoms with Gasteiger partial charge in [-0.15, -0.1) is 0 Å². The van der Waals surface area contributed by atoms with Crippen LogP contribution in [-0.4, -0.2) is 22.8 Å².